The third-order valence-corrected chi connectivity index (χ3v) is 2.58. The highest BCUT2D eigenvalue weighted by Crippen LogP contribution is 2.33. The Morgan fingerprint density at radius 1 is 1.20 bits per heavy atom. The molecule has 1 aromatic carbocycles. The highest BCUT2D eigenvalue weighted by Gasteiger charge is 2.34. The first-order chi connectivity index (χ1) is 9.41. The van der Waals surface area contributed by atoms with Crippen LogP contribution >= 0.6 is 0 Å². The second kappa shape index (κ2) is 5.58. The van der Waals surface area contributed by atoms with Crippen LogP contribution in [0.4, 0.5) is 17.6 Å². The van der Waals surface area contributed by atoms with E-state index in [4.69, 9.17) is 10.2 Å². The van der Waals surface area contributed by atoms with Crippen LogP contribution in [-0.2, 0) is 12.6 Å². The van der Waals surface area contributed by atoms with Crippen molar-refractivity contribution in [2.45, 2.75) is 19.0 Å². The first-order valence-electron chi connectivity index (χ1n) is 5.81. The van der Waals surface area contributed by atoms with E-state index in [1.165, 1.54) is 0 Å². The fourth-order valence-electron chi connectivity index (χ4n) is 1.60. The molecule has 0 atom stereocenters. The van der Waals surface area contributed by atoms with Crippen molar-refractivity contribution in [3.63, 3.8) is 0 Å². The topological polar surface area (TPSA) is 64.9 Å². The van der Waals surface area contributed by atoms with E-state index in [9.17, 15) is 17.6 Å². The first kappa shape index (κ1) is 14.4. The van der Waals surface area contributed by atoms with Crippen LogP contribution < -0.4 is 5.73 Å². The number of aryl methyl sites for hydroxylation is 1. The largest absolute Gasteiger partial charge is 0.421 e. The van der Waals surface area contributed by atoms with Crippen molar-refractivity contribution in [2.24, 2.45) is 5.73 Å². The summed E-state index contributed by atoms with van der Waals surface area (Å²) in [5.41, 5.74) is 3.98. The highest BCUT2D eigenvalue weighted by atomic mass is 19.4. The number of nitrogens with two attached hydrogens (primary N) is 1. The Bertz CT molecular complexity index is 595. The van der Waals surface area contributed by atoms with E-state index in [1.807, 2.05) is 0 Å². The van der Waals surface area contributed by atoms with E-state index in [0.717, 1.165) is 12.1 Å². The van der Waals surface area contributed by atoms with Crippen molar-refractivity contribution in [2.75, 3.05) is 6.54 Å². The van der Waals surface area contributed by atoms with E-state index < -0.39 is 17.6 Å². The monoisotopic (exact) mass is 289 g/mol. The van der Waals surface area contributed by atoms with Gasteiger partial charge in [0.15, 0.2) is 0 Å². The van der Waals surface area contributed by atoms with E-state index >= 15 is 0 Å². The van der Waals surface area contributed by atoms with Gasteiger partial charge < -0.3 is 10.2 Å². The van der Waals surface area contributed by atoms with Gasteiger partial charge in [-0.25, -0.2) is 4.39 Å². The van der Waals surface area contributed by atoms with Gasteiger partial charge in [0.1, 0.15) is 5.82 Å². The molecule has 2 N–H and O–H groups in total. The van der Waals surface area contributed by atoms with Crippen LogP contribution in [0.2, 0.25) is 0 Å². The molecule has 0 unspecified atom stereocenters. The Hall–Kier alpha value is -1.96. The molecule has 0 radical (unpaired) electrons. The Balaban J connectivity index is 2.31. The lowest BCUT2D eigenvalue weighted by atomic mass is 10.1. The number of hydrogen-bond acceptors (Lipinski definition) is 4. The fraction of sp³-hybridized carbons (Fsp3) is 0.333. The zero-order valence-corrected chi connectivity index (χ0v) is 10.2. The second-order valence-corrected chi connectivity index (χ2v) is 4.09. The van der Waals surface area contributed by atoms with Crippen LogP contribution in [-0.4, -0.2) is 16.7 Å². The third-order valence-electron chi connectivity index (χ3n) is 2.58. The number of rotatable bonds is 4. The molecular formula is C12H11F4N3O. The first-order valence-corrected chi connectivity index (χ1v) is 5.81. The number of aromatic nitrogens is 2. The molecule has 0 aliphatic carbocycles. The maximum Gasteiger partial charge on any atom is 0.419 e. The van der Waals surface area contributed by atoms with Crippen LogP contribution in [0, 0.1) is 5.82 Å². The quantitative estimate of drug-likeness (QED) is 0.879. The van der Waals surface area contributed by atoms with Gasteiger partial charge in [0.05, 0.1) is 5.56 Å². The molecule has 2 aromatic rings. The zero-order chi connectivity index (χ0) is 14.8. The van der Waals surface area contributed by atoms with Crippen LogP contribution in [0.3, 0.4) is 0 Å². The maximum atomic E-state index is 13.2. The van der Waals surface area contributed by atoms with E-state index in [-0.39, 0.29) is 17.3 Å². The zero-order valence-electron chi connectivity index (χ0n) is 10.2. The average molecular weight is 289 g/mol. The normalized spacial score (nSPS) is 11.8. The molecule has 108 valence electrons. The molecule has 0 saturated carbocycles. The molecule has 0 spiro atoms. The van der Waals surface area contributed by atoms with Crippen molar-refractivity contribution in [1.82, 2.24) is 10.2 Å². The molecular weight excluding hydrogens is 278 g/mol. The molecule has 0 saturated heterocycles. The Morgan fingerprint density at radius 3 is 2.60 bits per heavy atom. The van der Waals surface area contributed by atoms with Gasteiger partial charge in [-0.3, -0.25) is 0 Å². The number of nitrogens with zero attached hydrogens (tertiary/aromatic N) is 2. The van der Waals surface area contributed by atoms with E-state index in [0.29, 0.717) is 25.5 Å². The van der Waals surface area contributed by atoms with Crippen molar-refractivity contribution in [1.29, 1.82) is 0 Å². The van der Waals surface area contributed by atoms with Gasteiger partial charge in [-0.05, 0) is 31.2 Å². The minimum absolute atomic E-state index is 0.0187. The average Bonchev–Trinajstić information content (AvgIpc) is 2.84. The summed E-state index contributed by atoms with van der Waals surface area (Å²) in [6, 6.07) is 2.53. The van der Waals surface area contributed by atoms with Crippen molar-refractivity contribution in [3.8, 4) is 11.5 Å². The molecule has 0 fully saturated rings. The van der Waals surface area contributed by atoms with Gasteiger partial charge in [0, 0.05) is 12.0 Å². The van der Waals surface area contributed by atoms with Gasteiger partial charge in [-0.2, -0.15) is 13.2 Å². The fourth-order valence-corrected chi connectivity index (χ4v) is 1.60. The number of halogens is 4. The molecule has 0 amide bonds. The number of benzene rings is 1. The standard InChI is InChI=1S/C12H11F4N3O/c13-9-4-3-7(6-8(9)12(14,15)16)11-19-18-10(20-11)2-1-5-17/h3-4,6H,1-2,5,17H2. The Labute approximate surface area is 111 Å². The molecule has 1 aromatic heterocycles. The van der Waals surface area contributed by atoms with Crippen LogP contribution in [0.5, 0.6) is 0 Å². The molecule has 0 aliphatic heterocycles. The van der Waals surface area contributed by atoms with Gasteiger partial charge in [-0.1, -0.05) is 0 Å². The molecule has 2 rings (SSSR count). The number of hydrogen-bond donors (Lipinski definition) is 1. The third kappa shape index (κ3) is 3.13. The summed E-state index contributed by atoms with van der Waals surface area (Å²) < 4.78 is 56.2. The molecule has 0 aliphatic rings. The Kier molecular flexibility index (Phi) is 4.03. The summed E-state index contributed by atoms with van der Waals surface area (Å²) in [4.78, 5) is 0. The second-order valence-electron chi connectivity index (χ2n) is 4.09. The predicted molar refractivity (Wildman–Crippen MR) is 62.1 cm³/mol. The molecule has 0 bridgehead atoms. The van der Waals surface area contributed by atoms with Gasteiger partial charge in [0.2, 0.25) is 11.8 Å². The molecule has 1 heterocycles. The maximum absolute atomic E-state index is 13.2. The van der Waals surface area contributed by atoms with Gasteiger partial charge in [-0.15, -0.1) is 10.2 Å². The summed E-state index contributed by atoms with van der Waals surface area (Å²) in [7, 11) is 0. The number of alkyl halides is 3. The Morgan fingerprint density at radius 2 is 1.95 bits per heavy atom. The highest BCUT2D eigenvalue weighted by molar-refractivity contribution is 5.54. The lowest BCUT2D eigenvalue weighted by molar-refractivity contribution is -0.139. The lowest BCUT2D eigenvalue weighted by Crippen LogP contribution is -2.08. The minimum Gasteiger partial charge on any atom is -0.421 e. The molecule has 4 nitrogen and oxygen atoms in total. The minimum atomic E-state index is -4.78. The van der Waals surface area contributed by atoms with Crippen LogP contribution in [0.1, 0.15) is 17.9 Å². The lowest BCUT2D eigenvalue weighted by Gasteiger charge is -2.08. The smallest absolute Gasteiger partial charge is 0.419 e. The molecule has 20 heavy (non-hydrogen) atoms. The summed E-state index contributed by atoms with van der Waals surface area (Å²) in [6.07, 6.45) is -3.71. The van der Waals surface area contributed by atoms with Gasteiger partial charge >= 0.3 is 6.18 Å². The summed E-state index contributed by atoms with van der Waals surface area (Å²) >= 11 is 0. The van der Waals surface area contributed by atoms with Crippen molar-refractivity contribution < 1.29 is 22.0 Å². The summed E-state index contributed by atoms with van der Waals surface area (Å²) in [5, 5.41) is 7.34. The summed E-state index contributed by atoms with van der Waals surface area (Å²) in [5.74, 6) is -1.14. The van der Waals surface area contributed by atoms with Crippen LogP contribution in [0.25, 0.3) is 11.5 Å². The summed E-state index contributed by atoms with van der Waals surface area (Å²) in [6.45, 7) is 0.437. The predicted octanol–water partition coefficient (Wildman–Crippen LogP) is 2.79. The van der Waals surface area contributed by atoms with Crippen molar-refractivity contribution >= 4 is 0 Å². The molecule has 8 heteroatoms. The van der Waals surface area contributed by atoms with Crippen LogP contribution in [0.15, 0.2) is 22.6 Å². The van der Waals surface area contributed by atoms with E-state index in [2.05, 4.69) is 10.2 Å². The SMILES string of the molecule is NCCCc1nnc(-c2ccc(F)c(C(F)(F)F)c2)o1. The van der Waals surface area contributed by atoms with E-state index in [1.54, 1.807) is 0 Å². The van der Waals surface area contributed by atoms with Crippen molar-refractivity contribution in [3.05, 3.63) is 35.5 Å². The van der Waals surface area contributed by atoms with Gasteiger partial charge in [0.25, 0.3) is 0 Å².